The molecule has 5 rings (SSSR count). The molecule has 2 heterocycles. The average molecular weight is 531 g/mol. The molecule has 11 heteroatoms. The number of hydrogen-bond donors (Lipinski definition) is 0. The van der Waals surface area contributed by atoms with Gasteiger partial charge in [0, 0.05) is 5.02 Å². The van der Waals surface area contributed by atoms with Crippen molar-refractivity contribution in [3.8, 4) is 0 Å². The molecular formula is C26H18ClF3N2O5. The first-order valence-corrected chi connectivity index (χ1v) is 11.4. The number of ether oxygens (including phenoxy) is 1. The number of rotatable bonds is 4. The summed E-state index contributed by atoms with van der Waals surface area (Å²) in [6, 6.07) is 16.0. The van der Waals surface area contributed by atoms with E-state index in [1.165, 1.54) is 30.4 Å². The Kier molecular flexibility index (Phi) is 6.17. The standard InChI is InChI=1S/C26H18ClF3N2O5/c1-36-25(35)15-7-5-14(6-8-15)21-20-22(37-32(21)18-11-9-17(27)10-12-18)24(34)31(23(20)33)19-4-2-3-16(13-19)26(28,29)30/h2-13,20-22H,1H3/t20-,21+,22-/m1/s1. The number of fused-ring (bicyclic) bond motifs is 1. The maximum Gasteiger partial charge on any atom is 0.416 e. The number of nitrogens with zero attached hydrogens (tertiary/aromatic N) is 2. The number of methoxy groups -OCH3 is 1. The molecule has 2 amide bonds. The highest BCUT2D eigenvalue weighted by Gasteiger charge is 2.60. The Balaban J connectivity index is 1.56. The second-order valence-electron chi connectivity index (χ2n) is 8.47. The summed E-state index contributed by atoms with van der Waals surface area (Å²) in [5, 5.41) is 1.88. The fourth-order valence-electron chi connectivity index (χ4n) is 4.58. The lowest BCUT2D eigenvalue weighted by Crippen LogP contribution is -2.37. The van der Waals surface area contributed by atoms with Crippen molar-refractivity contribution in [3.63, 3.8) is 0 Å². The van der Waals surface area contributed by atoms with Crippen molar-refractivity contribution in [2.45, 2.75) is 18.3 Å². The molecule has 0 aromatic heterocycles. The lowest BCUT2D eigenvalue weighted by molar-refractivity contribution is -0.137. The average Bonchev–Trinajstić information content (AvgIpc) is 3.39. The molecule has 37 heavy (non-hydrogen) atoms. The summed E-state index contributed by atoms with van der Waals surface area (Å²) in [6.45, 7) is 0. The van der Waals surface area contributed by atoms with Gasteiger partial charge in [0.25, 0.3) is 5.91 Å². The lowest BCUT2D eigenvalue weighted by atomic mass is 9.90. The number of esters is 1. The summed E-state index contributed by atoms with van der Waals surface area (Å²) in [5.41, 5.74) is 0.148. The monoisotopic (exact) mass is 530 g/mol. The van der Waals surface area contributed by atoms with E-state index in [0.29, 0.717) is 16.3 Å². The van der Waals surface area contributed by atoms with E-state index in [0.717, 1.165) is 23.1 Å². The van der Waals surface area contributed by atoms with Crippen molar-refractivity contribution in [2.24, 2.45) is 5.92 Å². The molecule has 3 atom stereocenters. The van der Waals surface area contributed by atoms with Gasteiger partial charge in [-0.2, -0.15) is 13.2 Å². The predicted molar refractivity (Wildman–Crippen MR) is 127 cm³/mol. The van der Waals surface area contributed by atoms with Gasteiger partial charge in [-0.25, -0.2) is 14.8 Å². The van der Waals surface area contributed by atoms with E-state index < -0.39 is 47.6 Å². The normalized spacial score (nSPS) is 21.4. The van der Waals surface area contributed by atoms with Crippen molar-refractivity contribution in [1.29, 1.82) is 0 Å². The van der Waals surface area contributed by atoms with Crippen LogP contribution in [0.1, 0.15) is 27.5 Å². The number of hydroxylamine groups is 1. The third-order valence-electron chi connectivity index (χ3n) is 6.30. The highest BCUT2D eigenvalue weighted by Crippen LogP contribution is 2.48. The van der Waals surface area contributed by atoms with Gasteiger partial charge in [0.15, 0.2) is 6.10 Å². The number of carbonyl (C=O) groups excluding carboxylic acids is 3. The second kappa shape index (κ2) is 9.20. The van der Waals surface area contributed by atoms with Crippen LogP contribution in [0.3, 0.4) is 0 Å². The van der Waals surface area contributed by atoms with Crippen LogP contribution in [-0.4, -0.2) is 31.0 Å². The van der Waals surface area contributed by atoms with Gasteiger partial charge in [0.2, 0.25) is 5.91 Å². The van der Waals surface area contributed by atoms with E-state index in [2.05, 4.69) is 0 Å². The lowest BCUT2D eigenvalue weighted by Gasteiger charge is -2.29. The Bertz CT molecular complexity index is 1380. The summed E-state index contributed by atoms with van der Waals surface area (Å²) in [5.74, 6) is -3.10. The van der Waals surface area contributed by atoms with Crippen LogP contribution in [0.2, 0.25) is 5.02 Å². The molecule has 7 nitrogen and oxygen atoms in total. The second-order valence-corrected chi connectivity index (χ2v) is 8.91. The van der Waals surface area contributed by atoms with Crippen LogP contribution in [0.25, 0.3) is 0 Å². The molecule has 0 N–H and O–H groups in total. The minimum absolute atomic E-state index is 0.194. The minimum Gasteiger partial charge on any atom is -0.465 e. The van der Waals surface area contributed by atoms with E-state index >= 15 is 0 Å². The number of hydrogen-bond acceptors (Lipinski definition) is 6. The van der Waals surface area contributed by atoms with Gasteiger partial charge in [-0.05, 0) is 60.2 Å². The zero-order chi connectivity index (χ0) is 26.5. The zero-order valence-corrected chi connectivity index (χ0v) is 19.9. The predicted octanol–water partition coefficient (Wildman–Crippen LogP) is 5.20. The molecule has 2 aliphatic rings. The number of halogens is 4. The van der Waals surface area contributed by atoms with Crippen LogP contribution >= 0.6 is 11.6 Å². The van der Waals surface area contributed by atoms with Crippen LogP contribution in [0, 0.1) is 5.92 Å². The zero-order valence-electron chi connectivity index (χ0n) is 19.1. The highest BCUT2D eigenvalue weighted by atomic mass is 35.5. The minimum atomic E-state index is -4.65. The van der Waals surface area contributed by atoms with Gasteiger partial charge in [-0.3, -0.25) is 14.4 Å². The van der Waals surface area contributed by atoms with Crippen LogP contribution in [0.5, 0.6) is 0 Å². The van der Waals surface area contributed by atoms with E-state index in [4.69, 9.17) is 21.2 Å². The Morgan fingerprint density at radius 3 is 2.24 bits per heavy atom. The summed E-state index contributed by atoms with van der Waals surface area (Å²) < 4.78 is 44.6. The molecule has 0 aliphatic carbocycles. The Morgan fingerprint density at radius 1 is 0.946 bits per heavy atom. The van der Waals surface area contributed by atoms with E-state index in [1.807, 2.05) is 0 Å². The topological polar surface area (TPSA) is 76.2 Å². The molecular weight excluding hydrogens is 513 g/mol. The maximum absolute atomic E-state index is 13.6. The summed E-state index contributed by atoms with van der Waals surface area (Å²) in [7, 11) is 1.25. The van der Waals surface area contributed by atoms with Crippen LogP contribution in [-0.2, 0) is 25.3 Å². The third kappa shape index (κ3) is 4.32. The van der Waals surface area contributed by atoms with Gasteiger partial charge >= 0.3 is 12.1 Å². The van der Waals surface area contributed by atoms with Gasteiger partial charge < -0.3 is 4.74 Å². The summed E-state index contributed by atoms with van der Waals surface area (Å²) in [6.07, 6.45) is -5.92. The quantitative estimate of drug-likeness (QED) is 0.341. The van der Waals surface area contributed by atoms with Crippen molar-refractivity contribution in [3.05, 3.63) is 94.5 Å². The van der Waals surface area contributed by atoms with Crippen LogP contribution < -0.4 is 9.96 Å². The maximum atomic E-state index is 13.6. The molecule has 2 fully saturated rings. The van der Waals surface area contributed by atoms with Crippen molar-refractivity contribution >= 4 is 40.8 Å². The first-order chi connectivity index (χ1) is 17.6. The summed E-state index contributed by atoms with van der Waals surface area (Å²) in [4.78, 5) is 45.5. The molecule has 0 radical (unpaired) electrons. The largest absolute Gasteiger partial charge is 0.465 e. The van der Waals surface area contributed by atoms with E-state index in [9.17, 15) is 27.6 Å². The Labute approximate surface area is 213 Å². The van der Waals surface area contributed by atoms with E-state index in [-0.39, 0.29) is 11.3 Å². The number of alkyl halides is 3. The fourth-order valence-corrected chi connectivity index (χ4v) is 4.70. The number of anilines is 2. The van der Waals surface area contributed by atoms with Gasteiger partial charge in [0.05, 0.1) is 35.7 Å². The molecule has 0 unspecified atom stereocenters. The van der Waals surface area contributed by atoms with Crippen molar-refractivity contribution in [2.75, 3.05) is 17.1 Å². The van der Waals surface area contributed by atoms with Gasteiger partial charge in [0.1, 0.15) is 5.92 Å². The molecule has 2 saturated heterocycles. The molecule has 190 valence electrons. The number of carbonyl (C=O) groups is 3. The molecule has 0 saturated carbocycles. The summed E-state index contributed by atoms with van der Waals surface area (Å²) >= 11 is 6.01. The SMILES string of the molecule is COC(=O)c1ccc([C@H]2[C@H]3C(=O)N(c4cccc(C(F)(F)F)c4)C(=O)[C@@H]3ON2c2ccc(Cl)cc2)cc1. The first-order valence-electron chi connectivity index (χ1n) is 11.0. The Morgan fingerprint density at radius 2 is 1.62 bits per heavy atom. The molecule has 0 spiro atoms. The fraction of sp³-hybridized carbons (Fsp3) is 0.192. The highest BCUT2D eigenvalue weighted by molar-refractivity contribution is 6.30. The number of benzene rings is 3. The van der Waals surface area contributed by atoms with Gasteiger partial charge in [-0.1, -0.05) is 29.8 Å². The molecule has 0 bridgehead atoms. The van der Waals surface area contributed by atoms with Crippen LogP contribution in [0.15, 0.2) is 72.8 Å². The van der Waals surface area contributed by atoms with Gasteiger partial charge in [-0.15, -0.1) is 0 Å². The number of imide groups is 1. The van der Waals surface area contributed by atoms with Crippen molar-refractivity contribution in [1.82, 2.24) is 0 Å². The van der Waals surface area contributed by atoms with Crippen LogP contribution in [0.4, 0.5) is 24.5 Å². The smallest absolute Gasteiger partial charge is 0.416 e. The molecule has 3 aromatic rings. The first kappa shape index (κ1) is 24.8. The number of amides is 2. The molecule has 3 aromatic carbocycles. The molecule has 2 aliphatic heterocycles. The Hall–Kier alpha value is -3.89. The third-order valence-corrected chi connectivity index (χ3v) is 6.55. The van der Waals surface area contributed by atoms with Crippen molar-refractivity contribution < 1.29 is 37.1 Å². The van der Waals surface area contributed by atoms with E-state index in [1.54, 1.807) is 36.4 Å².